The van der Waals surface area contributed by atoms with E-state index in [9.17, 15) is 18.0 Å². The Bertz CT molecular complexity index is 1000. The predicted octanol–water partition coefficient (Wildman–Crippen LogP) is 2.40. The number of thiophene rings is 1. The van der Waals surface area contributed by atoms with E-state index in [-0.39, 0.29) is 22.6 Å². The summed E-state index contributed by atoms with van der Waals surface area (Å²) in [5.74, 6) is -0.980. The summed E-state index contributed by atoms with van der Waals surface area (Å²) in [6.07, 6.45) is 1.84. The van der Waals surface area contributed by atoms with E-state index in [1.54, 1.807) is 0 Å². The molecule has 0 aliphatic heterocycles. The van der Waals surface area contributed by atoms with Crippen molar-refractivity contribution in [3.8, 4) is 0 Å². The molecule has 2 aromatic rings. The maximum absolute atomic E-state index is 12.5. The van der Waals surface area contributed by atoms with Crippen LogP contribution >= 0.6 is 34.3 Å². The van der Waals surface area contributed by atoms with Crippen LogP contribution in [-0.2, 0) is 37.2 Å². The van der Waals surface area contributed by atoms with E-state index in [2.05, 4.69) is 10.3 Å². The highest BCUT2D eigenvalue weighted by Gasteiger charge is 2.29. The van der Waals surface area contributed by atoms with Gasteiger partial charge in [0, 0.05) is 18.3 Å². The first-order valence-corrected chi connectivity index (χ1v) is 11.7. The van der Waals surface area contributed by atoms with Crippen LogP contribution in [0.25, 0.3) is 0 Å². The fraction of sp³-hybridized carbons (Fsp3) is 0.438. The number of esters is 1. The van der Waals surface area contributed by atoms with Gasteiger partial charge in [0.25, 0.3) is 10.0 Å². The second kappa shape index (κ2) is 8.46. The molecule has 0 saturated carbocycles. The number of hydrogen-bond donors (Lipinski definition) is 1. The number of nitrogens with zero attached hydrogens (tertiary/aromatic N) is 2. The van der Waals surface area contributed by atoms with Gasteiger partial charge in [-0.2, -0.15) is 4.31 Å². The van der Waals surface area contributed by atoms with Crippen molar-refractivity contribution in [3.05, 3.63) is 27.0 Å². The third-order valence-corrected chi connectivity index (χ3v) is 8.87. The Morgan fingerprint density at radius 1 is 1.39 bits per heavy atom. The number of methoxy groups -OCH3 is 1. The number of carbonyl (C=O) groups is 2. The van der Waals surface area contributed by atoms with Crippen LogP contribution in [0.2, 0.25) is 4.34 Å². The molecule has 2 heterocycles. The summed E-state index contributed by atoms with van der Waals surface area (Å²) in [6.45, 7) is -0.354. The number of fused-ring (bicyclic) bond motifs is 1. The van der Waals surface area contributed by atoms with Crippen LogP contribution < -0.4 is 5.32 Å². The Morgan fingerprint density at radius 2 is 2.14 bits per heavy atom. The number of carbonyl (C=O) groups excluding carboxylic acids is 2. The van der Waals surface area contributed by atoms with E-state index in [0.29, 0.717) is 28.7 Å². The molecule has 0 aromatic carbocycles. The summed E-state index contributed by atoms with van der Waals surface area (Å²) < 4.78 is 31.1. The minimum atomic E-state index is -3.79. The fourth-order valence-corrected chi connectivity index (χ4v) is 6.68. The lowest BCUT2D eigenvalue weighted by Gasteiger charge is -2.18. The molecule has 0 saturated heterocycles. The molecule has 8 nitrogen and oxygen atoms in total. The largest absolute Gasteiger partial charge is 0.469 e. The van der Waals surface area contributed by atoms with E-state index >= 15 is 0 Å². The van der Waals surface area contributed by atoms with E-state index in [4.69, 9.17) is 16.3 Å². The maximum atomic E-state index is 12.5. The number of aryl methyl sites for hydroxylation is 1. The van der Waals surface area contributed by atoms with E-state index < -0.39 is 15.9 Å². The molecule has 0 radical (unpaired) electrons. The van der Waals surface area contributed by atoms with Crippen molar-refractivity contribution in [2.45, 2.75) is 23.5 Å². The zero-order valence-corrected chi connectivity index (χ0v) is 18.3. The number of likely N-dealkylation sites (N-methyl/N-ethyl adjacent to an activating group) is 1. The van der Waals surface area contributed by atoms with Crippen molar-refractivity contribution in [2.24, 2.45) is 5.92 Å². The number of ether oxygens (including phenoxy) is 1. The summed E-state index contributed by atoms with van der Waals surface area (Å²) >= 11 is 8.07. The summed E-state index contributed by atoms with van der Waals surface area (Å²) in [5.41, 5.74) is 0.774. The topological polar surface area (TPSA) is 106 Å². The number of hydrogen-bond acceptors (Lipinski definition) is 8. The Hall–Kier alpha value is -1.53. The highest BCUT2D eigenvalue weighted by molar-refractivity contribution is 7.91. The van der Waals surface area contributed by atoms with Crippen LogP contribution in [0.15, 0.2) is 16.3 Å². The molecule has 1 unspecified atom stereocenters. The second-order valence-corrected chi connectivity index (χ2v) is 11.3. The first kappa shape index (κ1) is 21.2. The Morgan fingerprint density at radius 3 is 2.79 bits per heavy atom. The lowest BCUT2D eigenvalue weighted by molar-refractivity contribution is -0.145. The third-order valence-electron chi connectivity index (χ3n) is 4.30. The normalized spacial score (nSPS) is 16.6. The minimum absolute atomic E-state index is 0.0753. The molecule has 0 fully saturated rings. The molecule has 1 N–H and O–H groups in total. The van der Waals surface area contributed by atoms with Crippen molar-refractivity contribution < 1.29 is 22.7 Å². The molecule has 1 atom stereocenters. The third kappa shape index (κ3) is 4.54. The van der Waals surface area contributed by atoms with Gasteiger partial charge in [-0.3, -0.25) is 9.59 Å². The van der Waals surface area contributed by atoms with Crippen molar-refractivity contribution in [3.63, 3.8) is 0 Å². The van der Waals surface area contributed by atoms with E-state index in [0.717, 1.165) is 26.2 Å². The maximum Gasteiger partial charge on any atom is 0.309 e. The number of aromatic nitrogens is 1. The van der Waals surface area contributed by atoms with Gasteiger partial charge in [-0.15, -0.1) is 22.7 Å². The fourth-order valence-electron chi connectivity index (χ4n) is 2.84. The molecule has 0 bridgehead atoms. The molecule has 3 rings (SSSR count). The predicted molar refractivity (Wildman–Crippen MR) is 107 cm³/mol. The average Bonchev–Trinajstić information content (AvgIpc) is 3.25. The van der Waals surface area contributed by atoms with Crippen molar-refractivity contribution >= 4 is 61.3 Å². The quantitative estimate of drug-likeness (QED) is 0.659. The number of anilines is 1. The van der Waals surface area contributed by atoms with E-state index in [1.807, 2.05) is 0 Å². The van der Waals surface area contributed by atoms with Crippen LogP contribution in [-0.4, -0.2) is 50.3 Å². The van der Waals surface area contributed by atoms with Crippen LogP contribution in [0, 0.1) is 5.92 Å². The van der Waals surface area contributed by atoms with Gasteiger partial charge in [0.2, 0.25) is 5.91 Å². The lowest BCUT2D eigenvalue weighted by atomic mass is 9.91. The molecular formula is C16H18ClN3O5S3. The number of rotatable bonds is 6. The summed E-state index contributed by atoms with van der Waals surface area (Å²) in [4.78, 5) is 29.4. The lowest BCUT2D eigenvalue weighted by Crippen LogP contribution is -2.34. The summed E-state index contributed by atoms with van der Waals surface area (Å²) in [5, 5.41) is 3.03. The molecule has 12 heteroatoms. The molecule has 28 heavy (non-hydrogen) atoms. The van der Waals surface area contributed by atoms with Crippen molar-refractivity contribution in [1.82, 2.24) is 9.29 Å². The number of sulfonamides is 1. The molecule has 1 aliphatic rings. The molecular weight excluding hydrogens is 446 g/mol. The number of halogens is 1. The van der Waals surface area contributed by atoms with E-state index in [1.165, 1.54) is 37.6 Å². The smallest absolute Gasteiger partial charge is 0.309 e. The molecule has 0 spiro atoms. The summed E-state index contributed by atoms with van der Waals surface area (Å²) in [6, 6.07) is 2.90. The zero-order chi connectivity index (χ0) is 20.5. The van der Waals surface area contributed by atoms with Gasteiger partial charge in [0.15, 0.2) is 5.13 Å². The first-order valence-electron chi connectivity index (χ1n) is 8.28. The van der Waals surface area contributed by atoms with Gasteiger partial charge in [-0.25, -0.2) is 13.4 Å². The Balaban J connectivity index is 1.63. The molecule has 2 aromatic heterocycles. The first-order chi connectivity index (χ1) is 13.2. The van der Waals surface area contributed by atoms with Crippen molar-refractivity contribution in [2.75, 3.05) is 26.0 Å². The number of amides is 1. The Labute approximate surface area is 175 Å². The van der Waals surface area contributed by atoms with Gasteiger partial charge in [-0.1, -0.05) is 11.6 Å². The van der Waals surface area contributed by atoms with Crippen LogP contribution in [0.1, 0.15) is 17.0 Å². The number of nitrogens with one attached hydrogen (secondary N) is 1. The van der Waals surface area contributed by atoms with Gasteiger partial charge in [-0.05, 0) is 25.0 Å². The number of thiazole rings is 1. The van der Waals surface area contributed by atoms with Crippen molar-refractivity contribution in [1.29, 1.82) is 0 Å². The zero-order valence-electron chi connectivity index (χ0n) is 15.1. The van der Waals surface area contributed by atoms with Gasteiger partial charge < -0.3 is 10.1 Å². The highest BCUT2D eigenvalue weighted by atomic mass is 35.5. The van der Waals surface area contributed by atoms with Crippen LogP contribution in [0.4, 0.5) is 5.13 Å². The molecule has 152 valence electrons. The van der Waals surface area contributed by atoms with Gasteiger partial charge in [0.1, 0.15) is 4.21 Å². The second-order valence-electron chi connectivity index (χ2n) is 6.22. The van der Waals surface area contributed by atoms with Crippen LogP contribution in [0.3, 0.4) is 0 Å². The minimum Gasteiger partial charge on any atom is -0.469 e. The van der Waals surface area contributed by atoms with Gasteiger partial charge in [0.05, 0.1) is 29.6 Å². The average molecular weight is 464 g/mol. The monoisotopic (exact) mass is 463 g/mol. The van der Waals surface area contributed by atoms with Crippen LogP contribution in [0.5, 0.6) is 0 Å². The highest BCUT2D eigenvalue weighted by Crippen LogP contribution is 2.33. The standard InChI is InChI=1S/C16H18ClN3O5S3/c1-20(28(23,24)14-6-5-12(17)27-14)8-13(21)19-16-18-10-7-9(15(22)25-2)3-4-11(10)26-16/h5-6,9H,3-4,7-8H2,1-2H3,(H,18,19,21). The molecule has 1 aliphatic carbocycles. The van der Waals surface area contributed by atoms with Gasteiger partial charge >= 0.3 is 5.97 Å². The Kier molecular flexibility index (Phi) is 6.40. The summed E-state index contributed by atoms with van der Waals surface area (Å²) in [7, 11) is -1.10. The molecule has 1 amide bonds. The SMILES string of the molecule is COC(=O)C1CCc2sc(NC(=O)CN(C)S(=O)(=O)c3ccc(Cl)s3)nc2C1.